The van der Waals surface area contributed by atoms with Crippen molar-refractivity contribution in [2.45, 2.75) is 25.8 Å². The average molecular weight is 220 g/mol. The van der Waals surface area contributed by atoms with E-state index in [0.29, 0.717) is 23.9 Å². The minimum atomic E-state index is -0.362. The minimum Gasteiger partial charge on any atom is -0.462 e. The van der Waals surface area contributed by atoms with Crippen molar-refractivity contribution in [2.24, 2.45) is 0 Å². The Morgan fingerprint density at radius 3 is 2.94 bits per heavy atom. The summed E-state index contributed by atoms with van der Waals surface area (Å²) in [6, 6.07) is 5.90. The summed E-state index contributed by atoms with van der Waals surface area (Å²) in [6.45, 7) is 2.14. The molecule has 1 saturated carbocycles. The van der Waals surface area contributed by atoms with Gasteiger partial charge in [0.1, 0.15) is 0 Å². The molecule has 4 heteroatoms. The molecule has 0 aliphatic heterocycles. The van der Waals surface area contributed by atoms with Crippen LogP contribution in [0.2, 0.25) is 0 Å². The highest BCUT2D eigenvalue weighted by Crippen LogP contribution is 2.30. The number of benzene rings is 1. The normalized spacial score (nSPS) is 14.6. The number of nitrogens with two attached hydrogens (primary N) is 1. The first-order valence-corrected chi connectivity index (χ1v) is 5.54. The number of nitrogens with one attached hydrogen (secondary N) is 1. The van der Waals surface area contributed by atoms with Gasteiger partial charge < -0.3 is 15.8 Å². The van der Waals surface area contributed by atoms with E-state index >= 15 is 0 Å². The highest BCUT2D eigenvalue weighted by molar-refractivity contribution is 5.98. The van der Waals surface area contributed by atoms with Gasteiger partial charge in [0, 0.05) is 6.04 Å². The Labute approximate surface area is 94.8 Å². The third-order valence-corrected chi connectivity index (χ3v) is 2.54. The number of hydrogen-bond donors (Lipinski definition) is 2. The largest absolute Gasteiger partial charge is 0.462 e. The zero-order valence-corrected chi connectivity index (χ0v) is 9.32. The van der Waals surface area contributed by atoms with Crippen LogP contribution in [0.4, 0.5) is 11.4 Å². The molecule has 16 heavy (non-hydrogen) atoms. The predicted octanol–water partition coefficient (Wildman–Crippen LogP) is 2.02. The molecule has 0 spiro atoms. The van der Waals surface area contributed by atoms with Crippen LogP contribution in [0.3, 0.4) is 0 Å². The van der Waals surface area contributed by atoms with Crippen molar-refractivity contribution in [1.82, 2.24) is 0 Å². The van der Waals surface area contributed by atoms with Gasteiger partial charge in [-0.3, -0.25) is 0 Å². The number of anilines is 2. The van der Waals surface area contributed by atoms with E-state index in [1.807, 2.05) is 12.1 Å². The number of nitrogen functional groups attached to an aromatic ring is 1. The van der Waals surface area contributed by atoms with Crippen LogP contribution in [0.25, 0.3) is 0 Å². The molecule has 4 nitrogen and oxygen atoms in total. The molecule has 0 aromatic heterocycles. The Morgan fingerprint density at radius 1 is 1.56 bits per heavy atom. The molecule has 0 saturated heterocycles. The van der Waals surface area contributed by atoms with Crippen LogP contribution < -0.4 is 11.1 Å². The molecule has 0 radical (unpaired) electrons. The Morgan fingerprint density at radius 2 is 2.31 bits per heavy atom. The quantitative estimate of drug-likeness (QED) is 0.602. The summed E-state index contributed by atoms with van der Waals surface area (Å²) in [7, 11) is 0. The fourth-order valence-corrected chi connectivity index (χ4v) is 1.53. The third-order valence-electron chi connectivity index (χ3n) is 2.54. The zero-order valence-electron chi connectivity index (χ0n) is 9.32. The lowest BCUT2D eigenvalue weighted by molar-refractivity contribution is 0.0527. The second kappa shape index (κ2) is 4.43. The summed E-state index contributed by atoms with van der Waals surface area (Å²) in [6.07, 6.45) is 2.34. The van der Waals surface area contributed by atoms with Crippen molar-refractivity contribution < 1.29 is 9.53 Å². The van der Waals surface area contributed by atoms with Crippen LogP contribution >= 0.6 is 0 Å². The van der Waals surface area contributed by atoms with Gasteiger partial charge in [0.05, 0.1) is 23.5 Å². The van der Waals surface area contributed by atoms with Crippen molar-refractivity contribution in [3.63, 3.8) is 0 Å². The van der Waals surface area contributed by atoms with E-state index in [0.717, 1.165) is 5.69 Å². The molecule has 1 aliphatic rings. The van der Waals surface area contributed by atoms with Crippen LogP contribution in [0.5, 0.6) is 0 Å². The Hall–Kier alpha value is -1.71. The average Bonchev–Trinajstić information content (AvgIpc) is 3.05. The molecule has 1 fully saturated rings. The van der Waals surface area contributed by atoms with Crippen molar-refractivity contribution in [3.8, 4) is 0 Å². The molecule has 1 aromatic rings. The summed E-state index contributed by atoms with van der Waals surface area (Å²) in [5.74, 6) is -0.362. The third kappa shape index (κ3) is 2.27. The number of rotatable bonds is 4. The molecule has 1 aliphatic carbocycles. The van der Waals surface area contributed by atoms with Crippen molar-refractivity contribution >= 4 is 17.3 Å². The van der Waals surface area contributed by atoms with E-state index in [-0.39, 0.29) is 5.97 Å². The van der Waals surface area contributed by atoms with Gasteiger partial charge in [-0.2, -0.15) is 0 Å². The van der Waals surface area contributed by atoms with Crippen LogP contribution in [0.1, 0.15) is 30.1 Å². The minimum absolute atomic E-state index is 0.360. The smallest absolute Gasteiger partial charge is 0.340 e. The van der Waals surface area contributed by atoms with Crippen molar-refractivity contribution in [2.75, 3.05) is 17.7 Å². The molecule has 3 N–H and O–H groups in total. The SMILES string of the molecule is CCOC(=O)c1cccc(NC2CC2)c1N. The van der Waals surface area contributed by atoms with E-state index in [2.05, 4.69) is 5.32 Å². The van der Waals surface area contributed by atoms with E-state index < -0.39 is 0 Å². The van der Waals surface area contributed by atoms with Crippen molar-refractivity contribution in [1.29, 1.82) is 0 Å². The molecule has 0 atom stereocenters. The van der Waals surface area contributed by atoms with E-state index in [4.69, 9.17) is 10.5 Å². The van der Waals surface area contributed by atoms with E-state index in [1.54, 1.807) is 13.0 Å². The highest BCUT2D eigenvalue weighted by Gasteiger charge is 2.22. The Kier molecular flexibility index (Phi) is 2.99. The van der Waals surface area contributed by atoms with Crippen LogP contribution in [0.15, 0.2) is 18.2 Å². The lowest BCUT2D eigenvalue weighted by Crippen LogP contribution is -2.11. The number of hydrogen-bond acceptors (Lipinski definition) is 4. The number of carbonyl (C=O) groups excluding carboxylic acids is 1. The van der Waals surface area contributed by atoms with Gasteiger partial charge in [-0.1, -0.05) is 6.07 Å². The molecule has 0 amide bonds. The fraction of sp³-hybridized carbons (Fsp3) is 0.417. The summed E-state index contributed by atoms with van der Waals surface area (Å²) >= 11 is 0. The van der Waals surface area contributed by atoms with E-state index in [1.165, 1.54) is 12.8 Å². The lowest BCUT2D eigenvalue weighted by Gasteiger charge is -2.11. The fourth-order valence-electron chi connectivity index (χ4n) is 1.53. The van der Waals surface area contributed by atoms with E-state index in [9.17, 15) is 4.79 Å². The highest BCUT2D eigenvalue weighted by atomic mass is 16.5. The number of esters is 1. The molecular weight excluding hydrogens is 204 g/mol. The maximum Gasteiger partial charge on any atom is 0.340 e. The monoisotopic (exact) mass is 220 g/mol. The molecule has 86 valence electrons. The first kappa shape index (κ1) is 10.8. The molecule has 0 bridgehead atoms. The first-order valence-electron chi connectivity index (χ1n) is 5.54. The van der Waals surface area contributed by atoms with Gasteiger partial charge in [0.2, 0.25) is 0 Å². The zero-order chi connectivity index (χ0) is 11.5. The standard InChI is InChI=1S/C12H16N2O2/c1-2-16-12(15)9-4-3-5-10(11(9)13)14-8-6-7-8/h3-5,8,14H,2,6-7,13H2,1H3. The van der Waals surface area contributed by atoms with Crippen LogP contribution in [0, 0.1) is 0 Å². The van der Waals surface area contributed by atoms with Gasteiger partial charge >= 0.3 is 5.97 Å². The molecule has 1 aromatic carbocycles. The maximum atomic E-state index is 11.6. The van der Waals surface area contributed by atoms with Crippen LogP contribution in [-0.4, -0.2) is 18.6 Å². The lowest BCUT2D eigenvalue weighted by atomic mass is 10.1. The van der Waals surface area contributed by atoms with Gasteiger partial charge in [0.15, 0.2) is 0 Å². The first-order chi connectivity index (χ1) is 7.72. The summed E-state index contributed by atoms with van der Waals surface area (Å²) in [5, 5.41) is 3.29. The molecular formula is C12H16N2O2. The van der Waals surface area contributed by atoms with Crippen LogP contribution in [-0.2, 0) is 4.74 Å². The second-order valence-electron chi connectivity index (χ2n) is 3.91. The van der Waals surface area contributed by atoms with Crippen molar-refractivity contribution in [3.05, 3.63) is 23.8 Å². The maximum absolute atomic E-state index is 11.6. The van der Waals surface area contributed by atoms with Gasteiger partial charge in [-0.15, -0.1) is 0 Å². The Bertz CT molecular complexity index is 400. The topological polar surface area (TPSA) is 64.3 Å². The summed E-state index contributed by atoms with van der Waals surface area (Å²) in [5.41, 5.74) is 7.67. The van der Waals surface area contributed by atoms with Gasteiger partial charge in [-0.05, 0) is 31.9 Å². The van der Waals surface area contributed by atoms with Gasteiger partial charge in [-0.25, -0.2) is 4.79 Å². The molecule has 0 heterocycles. The number of carbonyl (C=O) groups is 1. The number of para-hydroxylation sites is 1. The number of ether oxygens (including phenoxy) is 1. The Balaban J connectivity index is 2.20. The summed E-state index contributed by atoms with van der Waals surface area (Å²) in [4.78, 5) is 11.6. The summed E-state index contributed by atoms with van der Waals surface area (Å²) < 4.78 is 4.94. The molecule has 0 unspecified atom stereocenters. The second-order valence-corrected chi connectivity index (χ2v) is 3.91. The predicted molar refractivity (Wildman–Crippen MR) is 63.5 cm³/mol. The molecule has 2 rings (SSSR count). The van der Waals surface area contributed by atoms with Gasteiger partial charge in [0.25, 0.3) is 0 Å².